The minimum atomic E-state index is 0.0290. The van der Waals surface area contributed by atoms with Gasteiger partial charge in [-0.25, -0.2) is 0 Å². The van der Waals surface area contributed by atoms with Crippen molar-refractivity contribution in [1.82, 2.24) is 0 Å². The van der Waals surface area contributed by atoms with Crippen LogP contribution in [0.2, 0.25) is 5.02 Å². The second kappa shape index (κ2) is 3.69. The molecule has 3 N–H and O–H groups in total. The molecule has 1 saturated carbocycles. The van der Waals surface area contributed by atoms with Crippen LogP contribution in [0.4, 0.5) is 0 Å². The van der Waals surface area contributed by atoms with Crippen LogP contribution in [0.3, 0.4) is 0 Å². The number of halogens is 1. The van der Waals surface area contributed by atoms with E-state index >= 15 is 0 Å². The molecule has 1 aliphatic carbocycles. The van der Waals surface area contributed by atoms with Crippen LogP contribution in [-0.2, 0) is 6.42 Å². The molecule has 1 aliphatic rings. The number of hydrogen-bond acceptors (Lipinski definition) is 2. The van der Waals surface area contributed by atoms with Crippen molar-refractivity contribution in [1.29, 1.82) is 0 Å². The first kappa shape index (κ1) is 10.8. The molecule has 3 heteroatoms. The van der Waals surface area contributed by atoms with Crippen molar-refractivity contribution in [3.63, 3.8) is 0 Å². The van der Waals surface area contributed by atoms with Gasteiger partial charge in [0.05, 0.1) is 0 Å². The van der Waals surface area contributed by atoms with Crippen LogP contribution in [0.1, 0.15) is 30.4 Å². The van der Waals surface area contributed by atoms with Gasteiger partial charge in [0, 0.05) is 10.6 Å². The lowest BCUT2D eigenvalue weighted by atomic mass is 9.99. The van der Waals surface area contributed by atoms with Crippen LogP contribution >= 0.6 is 11.6 Å². The molecule has 0 radical (unpaired) electrons. The standard InChI is InChI=1S/C12H16ClNO/c1-8-9(4-5-12(14)6-7-12)11(15)3-2-10(8)13/h2-3,15H,4-7,14H2,1H3. The Kier molecular flexibility index (Phi) is 2.65. The van der Waals surface area contributed by atoms with Crippen LogP contribution < -0.4 is 5.73 Å². The zero-order chi connectivity index (χ0) is 11.1. The van der Waals surface area contributed by atoms with Crippen LogP contribution in [0.15, 0.2) is 12.1 Å². The van der Waals surface area contributed by atoms with Crippen LogP contribution in [0, 0.1) is 6.92 Å². The molecule has 15 heavy (non-hydrogen) atoms. The highest BCUT2D eigenvalue weighted by atomic mass is 35.5. The summed E-state index contributed by atoms with van der Waals surface area (Å²) in [6.07, 6.45) is 3.96. The Hall–Kier alpha value is -0.730. The van der Waals surface area contributed by atoms with Gasteiger partial charge in [0.15, 0.2) is 0 Å². The summed E-state index contributed by atoms with van der Waals surface area (Å²) in [6, 6.07) is 3.38. The Morgan fingerprint density at radius 3 is 2.73 bits per heavy atom. The second-order valence-electron chi connectivity index (χ2n) is 4.53. The van der Waals surface area contributed by atoms with Crippen LogP contribution in [0.25, 0.3) is 0 Å². The molecule has 0 heterocycles. The first-order valence-electron chi connectivity index (χ1n) is 5.28. The first-order chi connectivity index (χ1) is 7.02. The van der Waals surface area contributed by atoms with E-state index in [9.17, 15) is 5.11 Å². The molecule has 0 saturated heterocycles. The molecule has 1 fully saturated rings. The van der Waals surface area contributed by atoms with Gasteiger partial charge in [-0.2, -0.15) is 0 Å². The fourth-order valence-electron chi connectivity index (χ4n) is 1.81. The number of rotatable bonds is 3. The zero-order valence-electron chi connectivity index (χ0n) is 8.89. The summed E-state index contributed by atoms with van der Waals surface area (Å²) in [4.78, 5) is 0. The Bertz CT molecular complexity index is 385. The summed E-state index contributed by atoms with van der Waals surface area (Å²) >= 11 is 6.01. The number of aromatic hydroxyl groups is 1. The minimum absolute atomic E-state index is 0.0290. The van der Waals surface area contributed by atoms with Gasteiger partial charge in [-0.05, 0) is 55.9 Å². The highest BCUT2D eigenvalue weighted by molar-refractivity contribution is 6.31. The molecule has 1 aromatic carbocycles. The molecule has 2 rings (SSSR count). The molecule has 2 nitrogen and oxygen atoms in total. The second-order valence-corrected chi connectivity index (χ2v) is 4.94. The summed E-state index contributed by atoms with van der Waals surface area (Å²) < 4.78 is 0. The normalized spacial score (nSPS) is 17.8. The predicted octanol–water partition coefficient (Wildman–Crippen LogP) is 2.78. The van der Waals surface area contributed by atoms with Crippen molar-refractivity contribution in [3.8, 4) is 5.75 Å². The maximum atomic E-state index is 9.73. The van der Waals surface area contributed by atoms with Crippen molar-refractivity contribution in [2.75, 3.05) is 0 Å². The number of nitrogens with two attached hydrogens (primary N) is 1. The van der Waals surface area contributed by atoms with Crippen LogP contribution in [0.5, 0.6) is 5.75 Å². The number of phenolic OH excluding ortho intramolecular Hbond substituents is 1. The van der Waals surface area contributed by atoms with E-state index in [4.69, 9.17) is 17.3 Å². The Balaban J connectivity index is 2.16. The van der Waals surface area contributed by atoms with E-state index in [2.05, 4.69) is 0 Å². The summed E-state index contributed by atoms with van der Waals surface area (Å²) in [6.45, 7) is 1.94. The first-order valence-corrected chi connectivity index (χ1v) is 5.65. The lowest BCUT2D eigenvalue weighted by Crippen LogP contribution is -2.22. The predicted molar refractivity (Wildman–Crippen MR) is 62.3 cm³/mol. The largest absolute Gasteiger partial charge is 0.508 e. The highest BCUT2D eigenvalue weighted by Crippen LogP contribution is 2.38. The van der Waals surface area contributed by atoms with Gasteiger partial charge >= 0.3 is 0 Å². The van der Waals surface area contributed by atoms with Gasteiger partial charge in [0.25, 0.3) is 0 Å². The lowest BCUT2D eigenvalue weighted by molar-refractivity contribution is 0.463. The van der Waals surface area contributed by atoms with E-state index < -0.39 is 0 Å². The molecule has 0 atom stereocenters. The number of benzene rings is 1. The molecule has 0 aliphatic heterocycles. The maximum absolute atomic E-state index is 9.73. The van der Waals surface area contributed by atoms with Crippen molar-refractivity contribution in [2.24, 2.45) is 5.73 Å². The minimum Gasteiger partial charge on any atom is -0.508 e. The van der Waals surface area contributed by atoms with E-state index in [1.54, 1.807) is 12.1 Å². The van der Waals surface area contributed by atoms with Crippen molar-refractivity contribution >= 4 is 11.6 Å². The van der Waals surface area contributed by atoms with Gasteiger partial charge < -0.3 is 10.8 Å². The topological polar surface area (TPSA) is 46.2 Å². The fraction of sp³-hybridized carbons (Fsp3) is 0.500. The van der Waals surface area contributed by atoms with Crippen LogP contribution in [-0.4, -0.2) is 10.6 Å². The number of phenols is 1. The average Bonchev–Trinajstić information content (AvgIpc) is 2.91. The SMILES string of the molecule is Cc1c(Cl)ccc(O)c1CCC1(N)CC1. The monoisotopic (exact) mass is 225 g/mol. The molecule has 0 spiro atoms. The van der Waals surface area contributed by atoms with Crippen molar-refractivity contribution in [3.05, 3.63) is 28.3 Å². The quantitative estimate of drug-likeness (QED) is 0.831. The van der Waals surface area contributed by atoms with Crippen molar-refractivity contribution in [2.45, 2.75) is 38.1 Å². The van der Waals surface area contributed by atoms with E-state index in [-0.39, 0.29) is 5.54 Å². The van der Waals surface area contributed by atoms with E-state index in [1.807, 2.05) is 6.92 Å². The van der Waals surface area contributed by atoms with Gasteiger partial charge in [0.2, 0.25) is 0 Å². The Morgan fingerprint density at radius 2 is 2.13 bits per heavy atom. The maximum Gasteiger partial charge on any atom is 0.119 e. The Labute approximate surface area is 95.1 Å². The average molecular weight is 226 g/mol. The van der Waals surface area contributed by atoms with Gasteiger partial charge in [-0.1, -0.05) is 11.6 Å². The zero-order valence-corrected chi connectivity index (χ0v) is 9.64. The highest BCUT2D eigenvalue weighted by Gasteiger charge is 2.37. The summed E-state index contributed by atoms with van der Waals surface area (Å²) in [5.41, 5.74) is 7.96. The third kappa shape index (κ3) is 2.27. The molecule has 0 unspecified atom stereocenters. The summed E-state index contributed by atoms with van der Waals surface area (Å²) in [5, 5.41) is 10.4. The molecule has 0 bridgehead atoms. The van der Waals surface area contributed by atoms with Crippen molar-refractivity contribution < 1.29 is 5.11 Å². The van der Waals surface area contributed by atoms with Gasteiger partial charge in [-0.15, -0.1) is 0 Å². The molecular formula is C12H16ClNO. The van der Waals surface area contributed by atoms with Gasteiger partial charge in [0.1, 0.15) is 5.75 Å². The third-order valence-corrected chi connectivity index (χ3v) is 3.68. The molecule has 0 aromatic heterocycles. The molecule has 82 valence electrons. The summed E-state index contributed by atoms with van der Waals surface area (Å²) in [5.74, 6) is 0.334. The smallest absolute Gasteiger partial charge is 0.119 e. The third-order valence-electron chi connectivity index (χ3n) is 3.27. The van der Waals surface area contributed by atoms with E-state index in [0.29, 0.717) is 10.8 Å². The fourth-order valence-corrected chi connectivity index (χ4v) is 1.99. The molecule has 0 amide bonds. The van der Waals surface area contributed by atoms with E-state index in [1.165, 1.54) is 0 Å². The Morgan fingerprint density at radius 1 is 1.47 bits per heavy atom. The number of hydrogen-bond donors (Lipinski definition) is 2. The van der Waals surface area contributed by atoms with Gasteiger partial charge in [-0.3, -0.25) is 0 Å². The van der Waals surface area contributed by atoms with E-state index in [0.717, 1.165) is 36.8 Å². The molecule has 1 aromatic rings. The lowest BCUT2D eigenvalue weighted by Gasteiger charge is -2.12. The molecular weight excluding hydrogens is 210 g/mol. The summed E-state index contributed by atoms with van der Waals surface area (Å²) in [7, 11) is 0.